The van der Waals surface area contributed by atoms with Crippen LogP contribution >= 0.6 is 0 Å². The molecule has 1 fully saturated rings. The van der Waals surface area contributed by atoms with Gasteiger partial charge < -0.3 is 26.2 Å². The third-order valence-corrected chi connectivity index (χ3v) is 8.47. The van der Waals surface area contributed by atoms with Crippen LogP contribution in [0.4, 0.5) is 5.69 Å². The molecule has 0 unspecified atom stereocenters. The van der Waals surface area contributed by atoms with E-state index in [2.05, 4.69) is 0 Å². The molecule has 1 saturated carbocycles. The van der Waals surface area contributed by atoms with Gasteiger partial charge in [0.25, 0.3) is 0 Å². The molecule has 204 valence electrons. The molecule has 0 spiro atoms. The summed E-state index contributed by atoms with van der Waals surface area (Å²) in [5, 5.41) is 44.8. The van der Waals surface area contributed by atoms with E-state index in [9.17, 15) is 34.8 Å². The number of nitrogen functional groups attached to an aromatic ring is 1. The van der Waals surface area contributed by atoms with E-state index in [0.717, 1.165) is 18.1 Å². The Morgan fingerprint density at radius 1 is 1.05 bits per heavy atom. The molecule has 39 heavy (non-hydrogen) atoms. The highest BCUT2D eigenvalue weighted by molar-refractivity contribution is 6.25. The fourth-order valence-electron chi connectivity index (χ4n) is 6.61. The summed E-state index contributed by atoms with van der Waals surface area (Å²) in [4.78, 5) is 41.1. The largest absolute Gasteiger partial charge is 0.508 e. The zero-order chi connectivity index (χ0) is 28.4. The second-order valence-corrected chi connectivity index (χ2v) is 11.0. The van der Waals surface area contributed by atoms with E-state index < -0.39 is 57.9 Å². The van der Waals surface area contributed by atoms with E-state index in [0.29, 0.717) is 24.1 Å². The average Bonchev–Trinajstić information content (AvgIpc) is 2.86. The predicted octanol–water partition coefficient (Wildman–Crippen LogP) is 2.44. The number of nitrogens with two attached hydrogens (primary N) is 1. The number of ketones is 3. The zero-order valence-corrected chi connectivity index (χ0v) is 22.1. The SMILES string of the molecule is CC(=O)C1=C(O)[C@@]2(O)C(=O)C3=C(O)c4c(O)ccc(CCc5ccc(N)cc5)c4C[C@H]3C[C@H]2[C@H](N(C)C)C1=O. The summed E-state index contributed by atoms with van der Waals surface area (Å²) in [5.74, 6) is -5.64. The Hall–Kier alpha value is -3.95. The molecule has 9 heteroatoms. The smallest absolute Gasteiger partial charge is 0.202 e. The fraction of sp³-hybridized carbons (Fsp3) is 0.367. The molecule has 2 aromatic carbocycles. The van der Waals surface area contributed by atoms with Crippen molar-refractivity contribution in [2.45, 2.75) is 44.2 Å². The summed E-state index contributed by atoms with van der Waals surface area (Å²) < 4.78 is 0. The number of aryl methyl sites for hydroxylation is 2. The van der Waals surface area contributed by atoms with Gasteiger partial charge in [0.1, 0.15) is 22.8 Å². The highest BCUT2D eigenvalue weighted by Gasteiger charge is 2.64. The van der Waals surface area contributed by atoms with E-state index in [1.54, 1.807) is 20.2 Å². The lowest BCUT2D eigenvalue weighted by molar-refractivity contribution is -0.153. The van der Waals surface area contributed by atoms with Gasteiger partial charge in [0.2, 0.25) is 5.78 Å². The lowest BCUT2D eigenvalue weighted by Gasteiger charge is -2.50. The molecular formula is C30H32N2O7. The van der Waals surface area contributed by atoms with Gasteiger partial charge in [0, 0.05) is 17.2 Å². The van der Waals surface area contributed by atoms with Crippen molar-refractivity contribution < 1.29 is 34.8 Å². The molecule has 0 heterocycles. The fourth-order valence-corrected chi connectivity index (χ4v) is 6.61. The number of hydrogen-bond donors (Lipinski definition) is 5. The van der Waals surface area contributed by atoms with Crippen molar-refractivity contribution in [1.29, 1.82) is 0 Å². The first-order chi connectivity index (χ1) is 18.4. The third-order valence-electron chi connectivity index (χ3n) is 8.47. The van der Waals surface area contributed by atoms with Crippen LogP contribution in [0.15, 0.2) is 53.3 Å². The van der Waals surface area contributed by atoms with Crippen molar-refractivity contribution in [3.63, 3.8) is 0 Å². The second kappa shape index (κ2) is 9.36. The molecule has 0 radical (unpaired) electrons. The molecule has 0 aromatic heterocycles. The Morgan fingerprint density at radius 3 is 2.33 bits per heavy atom. The first-order valence-electron chi connectivity index (χ1n) is 12.9. The third kappa shape index (κ3) is 3.95. The Morgan fingerprint density at radius 2 is 1.72 bits per heavy atom. The van der Waals surface area contributed by atoms with Crippen LogP contribution in [0.2, 0.25) is 0 Å². The minimum atomic E-state index is -2.57. The quantitative estimate of drug-likeness (QED) is 0.288. The van der Waals surface area contributed by atoms with Gasteiger partial charge in [-0.05, 0) is 87.5 Å². The van der Waals surface area contributed by atoms with Gasteiger partial charge >= 0.3 is 0 Å². The van der Waals surface area contributed by atoms with Crippen molar-refractivity contribution in [3.8, 4) is 5.75 Å². The molecule has 9 nitrogen and oxygen atoms in total. The number of fused-ring (bicyclic) bond motifs is 3. The number of anilines is 1. The maximum absolute atomic E-state index is 13.9. The van der Waals surface area contributed by atoms with Gasteiger partial charge in [-0.1, -0.05) is 18.2 Å². The van der Waals surface area contributed by atoms with Crippen LogP contribution in [0.3, 0.4) is 0 Å². The van der Waals surface area contributed by atoms with Gasteiger partial charge in [-0.25, -0.2) is 0 Å². The van der Waals surface area contributed by atoms with E-state index in [4.69, 9.17) is 5.73 Å². The van der Waals surface area contributed by atoms with E-state index in [1.165, 1.54) is 11.0 Å². The van der Waals surface area contributed by atoms with Crippen LogP contribution in [-0.4, -0.2) is 68.4 Å². The Balaban J connectivity index is 1.61. The topological polar surface area (TPSA) is 161 Å². The highest BCUT2D eigenvalue weighted by atomic mass is 16.3. The van der Waals surface area contributed by atoms with Gasteiger partial charge in [-0.3, -0.25) is 19.3 Å². The number of benzene rings is 2. The van der Waals surface area contributed by atoms with Gasteiger partial charge in [0.05, 0.1) is 11.6 Å². The Bertz CT molecular complexity index is 1470. The standard InChI is InChI=1S/C30H32N2O7/c1-14(33)22-27(36)25(32(2)3)20-13-17-12-19-16(7-4-15-5-9-18(31)10-6-15)8-11-21(34)24(19)26(35)23(17)29(38)30(20,39)28(22)37/h5-6,8-11,17,20,25,34-35,37,39H,4,7,12-13,31H2,1-3H3/t17-,20-,25-,30+/m0/s1. The van der Waals surface area contributed by atoms with Crippen molar-refractivity contribution in [2.24, 2.45) is 11.8 Å². The molecular weight excluding hydrogens is 500 g/mol. The summed E-state index contributed by atoms with van der Waals surface area (Å²) in [6.45, 7) is 1.09. The molecule has 6 N–H and O–H groups in total. The van der Waals surface area contributed by atoms with Crippen LogP contribution < -0.4 is 5.73 Å². The van der Waals surface area contributed by atoms with Crippen LogP contribution in [0.5, 0.6) is 5.75 Å². The van der Waals surface area contributed by atoms with Crippen LogP contribution in [0, 0.1) is 11.8 Å². The number of hydrogen-bond acceptors (Lipinski definition) is 9. The molecule has 0 aliphatic heterocycles. The lowest BCUT2D eigenvalue weighted by atomic mass is 9.57. The number of phenols is 1. The van der Waals surface area contributed by atoms with Crippen molar-refractivity contribution in [2.75, 3.05) is 19.8 Å². The number of carbonyl (C=O) groups is 3. The lowest BCUT2D eigenvalue weighted by Crippen LogP contribution is -2.65. The minimum absolute atomic E-state index is 0.0952. The number of phenolic OH excluding ortho intramolecular Hbond substituents is 1. The van der Waals surface area contributed by atoms with E-state index in [-0.39, 0.29) is 29.7 Å². The summed E-state index contributed by atoms with van der Waals surface area (Å²) in [6, 6.07) is 9.75. The van der Waals surface area contributed by atoms with Crippen LogP contribution in [-0.2, 0) is 33.6 Å². The number of nitrogens with zero attached hydrogens (tertiary/aromatic N) is 1. The van der Waals surface area contributed by atoms with Gasteiger partial charge in [-0.2, -0.15) is 0 Å². The summed E-state index contributed by atoms with van der Waals surface area (Å²) in [7, 11) is 3.22. The second-order valence-electron chi connectivity index (χ2n) is 11.0. The molecule has 3 aliphatic rings. The normalized spacial score (nSPS) is 26.4. The van der Waals surface area contributed by atoms with Crippen molar-refractivity contribution in [1.82, 2.24) is 4.90 Å². The van der Waals surface area contributed by atoms with Crippen LogP contribution in [0.1, 0.15) is 35.6 Å². The van der Waals surface area contributed by atoms with Gasteiger partial charge in [0.15, 0.2) is 17.2 Å². The maximum atomic E-state index is 13.9. The van der Waals surface area contributed by atoms with E-state index in [1.807, 2.05) is 24.3 Å². The number of rotatable bonds is 5. The Kier molecular flexibility index (Phi) is 6.39. The molecule has 2 aromatic rings. The molecule has 0 amide bonds. The van der Waals surface area contributed by atoms with Gasteiger partial charge in [-0.15, -0.1) is 0 Å². The predicted molar refractivity (Wildman–Crippen MR) is 144 cm³/mol. The number of aliphatic hydroxyl groups is 3. The summed E-state index contributed by atoms with van der Waals surface area (Å²) in [5.41, 5.74) is 5.94. The van der Waals surface area contributed by atoms with Crippen molar-refractivity contribution in [3.05, 3.63) is 75.6 Å². The van der Waals surface area contributed by atoms with Crippen LogP contribution in [0.25, 0.3) is 5.76 Å². The minimum Gasteiger partial charge on any atom is -0.508 e. The summed E-state index contributed by atoms with van der Waals surface area (Å²) in [6.07, 6.45) is 1.67. The first-order valence-corrected chi connectivity index (χ1v) is 12.9. The molecule has 4 atom stereocenters. The number of Topliss-reactive ketones (excluding diaryl/α,β-unsaturated/α-hetero) is 3. The maximum Gasteiger partial charge on any atom is 0.202 e. The average molecular weight is 533 g/mol. The number of aromatic hydroxyl groups is 1. The number of likely N-dealkylation sites (N-methyl/N-ethyl adjacent to an activating group) is 1. The number of aliphatic hydroxyl groups excluding tert-OH is 2. The summed E-state index contributed by atoms with van der Waals surface area (Å²) >= 11 is 0. The van der Waals surface area contributed by atoms with E-state index >= 15 is 0 Å². The zero-order valence-electron chi connectivity index (χ0n) is 22.1. The first kappa shape index (κ1) is 26.6. The molecule has 0 bridgehead atoms. The molecule has 5 rings (SSSR count). The number of carbonyl (C=O) groups excluding carboxylic acids is 3. The Labute approximate surface area is 225 Å². The molecule has 0 saturated heterocycles. The van der Waals surface area contributed by atoms with Crippen molar-refractivity contribution >= 4 is 28.8 Å². The monoisotopic (exact) mass is 532 g/mol. The highest BCUT2D eigenvalue weighted by Crippen LogP contribution is 2.53. The molecule has 3 aliphatic carbocycles.